The summed E-state index contributed by atoms with van der Waals surface area (Å²) in [6.07, 6.45) is 6.30. The third-order valence-corrected chi connectivity index (χ3v) is 6.45. The van der Waals surface area contributed by atoms with E-state index in [1.807, 2.05) is 13.0 Å². The number of hydrogen-bond donors (Lipinski definition) is 1. The Labute approximate surface area is 182 Å². The maximum atomic E-state index is 13.0. The Morgan fingerprint density at radius 2 is 2.00 bits per heavy atom. The van der Waals surface area contributed by atoms with Gasteiger partial charge in [-0.3, -0.25) is 14.8 Å². The van der Waals surface area contributed by atoms with Gasteiger partial charge in [-0.1, -0.05) is 0 Å². The summed E-state index contributed by atoms with van der Waals surface area (Å²) in [7, 11) is 0. The first kappa shape index (κ1) is 20.2. The van der Waals surface area contributed by atoms with Gasteiger partial charge in [0.2, 0.25) is 0 Å². The second-order valence-corrected chi connectivity index (χ2v) is 9.04. The van der Waals surface area contributed by atoms with Crippen LogP contribution in [-0.4, -0.2) is 71.7 Å². The minimum atomic E-state index is -0.538. The number of nitrogens with zero attached hydrogens (tertiary/aromatic N) is 5. The van der Waals surface area contributed by atoms with E-state index in [9.17, 15) is 10.1 Å². The summed E-state index contributed by atoms with van der Waals surface area (Å²) in [4.78, 5) is 26.5. The minimum Gasteiger partial charge on any atom is -0.364 e. The van der Waals surface area contributed by atoms with Gasteiger partial charge in [0.1, 0.15) is 17.1 Å². The summed E-state index contributed by atoms with van der Waals surface area (Å²) in [5, 5.41) is 12.6. The third kappa shape index (κ3) is 4.34. The van der Waals surface area contributed by atoms with Crippen molar-refractivity contribution < 1.29 is 9.53 Å². The SMILES string of the molecule is C[C@@H]1CN(c2ccc(C#N)c3nccnc23)C[C@H](C(=O)N[C@@H]2CCN(CC3CC3)C2)O1. The summed E-state index contributed by atoms with van der Waals surface area (Å²) >= 11 is 0. The van der Waals surface area contributed by atoms with Crippen LogP contribution in [0.15, 0.2) is 24.5 Å². The number of nitrogens with one attached hydrogen (secondary N) is 1. The molecule has 162 valence electrons. The van der Waals surface area contributed by atoms with Crippen LogP contribution in [-0.2, 0) is 9.53 Å². The van der Waals surface area contributed by atoms with Crippen LogP contribution in [0.25, 0.3) is 11.0 Å². The number of carbonyl (C=O) groups is 1. The Hall–Kier alpha value is -2.76. The smallest absolute Gasteiger partial charge is 0.251 e. The molecule has 0 spiro atoms. The van der Waals surface area contributed by atoms with Crippen molar-refractivity contribution in [2.24, 2.45) is 5.92 Å². The zero-order valence-corrected chi connectivity index (χ0v) is 17.8. The van der Waals surface area contributed by atoms with Crippen molar-refractivity contribution in [2.75, 3.05) is 37.6 Å². The van der Waals surface area contributed by atoms with Crippen LogP contribution in [0.4, 0.5) is 5.69 Å². The second kappa shape index (κ2) is 8.40. The van der Waals surface area contributed by atoms with E-state index >= 15 is 0 Å². The van der Waals surface area contributed by atoms with Crippen molar-refractivity contribution in [3.63, 3.8) is 0 Å². The molecule has 2 aliphatic heterocycles. The number of hydrogen-bond acceptors (Lipinski definition) is 7. The Kier molecular flexibility index (Phi) is 5.47. The van der Waals surface area contributed by atoms with Crippen LogP contribution < -0.4 is 10.2 Å². The van der Waals surface area contributed by atoms with Crippen LogP contribution in [0, 0.1) is 17.2 Å². The normalized spacial score (nSPS) is 26.7. The number of rotatable bonds is 5. The first-order valence-corrected chi connectivity index (χ1v) is 11.2. The summed E-state index contributed by atoms with van der Waals surface area (Å²) in [6, 6.07) is 6.05. The maximum absolute atomic E-state index is 13.0. The number of nitriles is 1. The number of amides is 1. The molecule has 3 heterocycles. The molecule has 0 unspecified atom stereocenters. The second-order valence-electron chi connectivity index (χ2n) is 9.04. The monoisotopic (exact) mass is 420 g/mol. The van der Waals surface area contributed by atoms with E-state index in [1.54, 1.807) is 18.5 Å². The summed E-state index contributed by atoms with van der Waals surface area (Å²) in [5.41, 5.74) is 2.65. The quantitative estimate of drug-likeness (QED) is 0.787. The van der Waals surface area contributed by atoms with Crippen LogP contribution in [0.2, 0.25) is 0 Å². The predicted molar refractivity (Wildman–Crippen MR) is 117 cm³/mol. The lowest BCUT2D eigenvalue weighted by molar-refractivity contribution is -0.138. The number of aromatic nitrogens is 2. The molecule has 1 N–H and O–H groups in total. The number of carbonyl (C=O) groups excluding carboxylic acids is 1. The first-order chi connectivity index (χ1) is 15.1. The molecule has 8 heteroatoms. The molecule has 1 saturated carbocycles. The van der Waals surface area contributed by atoms with E-state index in [0.29, 0.717) is 29.7 Å². The predicted octanol–water partition coefficient (Wildman–Crippen LogP) is 1.70. The zero-order valence-electron chi connectivity index (χ0n) is 17.8. The van der Waals surface area contributed by atoms with Crippen molar-refractivity contribution >= 4 is 22.6 Å². The lowest BCUT2D eigenvalue weighted by Gasteiger charge is -2.38. The van der Waals surface area contributed by atoms with Gasteiger partial charge in [-0.2, -0.15) is 5.26 Å². The van der Waals surface area contributed by atoms with Crippen LogP contribution in [0.5, 0.6) is 0 Å². The molecule has 1 aliphatic carbocycles. The van der Waals surface area contributed by atoms with Gasteiger partial charge < -0.3 is 19.9 Å². The Morgan fingerprint density at radius 3 is 2.77 bits per heavy atom. The minimum absolute atomic E-state index is 0.0427. The fourth-order valence-corrected chi connectivity index (χ4v) is 4.76. The summed E-state index contributed by atoms with van der Waals surface area (Å²) in [5.74, 6) is 0.828. The molecule has 31 heavy (non-hydrogen) atoms. The van der Waals surface area contributed by atoms with Crippen molar-refractivity contribution in [3.05, 3.63) is 30.1 Å². The third-order valence-electron chi connectivity index (χ3n) is 6.45. The lowest BCUT2D eigenvalue weighted by atomic mass is 10.1. The fraction of sp³-hybridized carbons (Fsp3) is 0.565. The molecule has 0 bridgehead atoms. The Morgan fingerprint density at radius 1 is 1.19 bits per heavy atom. The van der Waals surface area contributed by atoms with E-state index in [1.165, 1.54) is 19.4 Å². The van der Waals surface area contributed by atoms with Crippen molar-refractivity contribution in [1.29, 1.82) is 5.26 Å². The van der Waals surface area contributed by atoms with Crippen molar-refractivity contribution in [1.82, 2.24) is 20.2 Å². The number of morpholine rings is 1. The standard InChI is InChI=1S/C23H28N6O2/c1-15-11-29(19-5-4-17(10-24)21-22(19)26-8-7-25-21)14-20(31-15)23(30)27-18-6-9-28(13-18)12-16-2-3-16/h4-5,7-8,15-16,18,20H,2-3,6,9,11-14H2,1H3,(H,27,30)/t15-,18-,20-/m1/s1. The molecule has 1 aromatic carbocycles. The van der Waals surface area contributed by atoms with Crippen LogP contribution >= 0.6 is 0 Å². The molecule has 2 aromatic rings. The molecular formula is C23H28N6O2. The first-order valence-electron chi connectivity index (χ1n) is 11.2. The fourth-order valence-electron chi connectivity index (χ4n) is 4.76. The van der Waals surface area contributed by atoms with E-state index in [0.717, 1.165) is 31.1 Å². The summed E-state index contributed by atoms with van der Waals surface area (Å²) in [6.45, 7) is 6.25. The highest BCUT2D eigenvalue weighted by atomic mass is 16.5. The van der Waals surface area contributed by atoms with Gasteiger partial charge in [-0.15, -0.1) is 0 Å². The summed E-state index contributed by atoms with van der Waals surface area (Å²) < 4.78 is 6.01. The molecule has 8 nitrogen and oxygen atoms in total. The number of likely N-dealkylation sites (tertiary alicyclic amines) is 1. The van der Waals surface area contributed by atoms with Gasteiger partial charge in [-0.05, 0) is 44.2 Å². The molecule has 1 amide bonds. The highest BCUT2D eigenvalue weighted by Crippen LogP contribution is 2.31. The number of fused-ring (bicyclic) bond motifs is 1. The van der Waals surface area contributed by atoms with E-state index in [-0.39, 0.29) is 18.1 Å². The molecular weight excluding hydrogens is 392 g/mol. The maximum Gasteiger partial charge on any atom is 0.251 e. The van der Waals surface area contributed by atoms with Gasteiger partial charge in [0.15, 0.2) is 6.10 Å². The molecule has 3 fully saturated rings. The van der Waals surface area contributed by atoms with E-state index in [4.69, 9.17) is 4.74 Å². The topological polar surface area (TPSA) is 94.4 Å². The highest BCUT2D eigenvalue weighted by Gasteiger charge is 2.35. The van der Waals surface area contributed by atoms with E-state index < -0.39 is 6.10 Å². The number of ether oxygens (including phenoxy) is 1. The van der Waals surface area contributed by atoms with Crippen LogP contribution in [0.1, 0.15) is 31.7 Å². The number of benzene rings is 1. The molecule has 2 saturated heterocycles. The van der Waals surface area contributed by atoms with E-state index in [2.05, 4.69) is 31.2 Å². The molecule has 3 aliphatic rings. The van der Waals surface area contributed by atoms with Gasteiger partial charge in [0.05, 0.1) is 23.9 Å². The average molecular weight is 421 g/mol. The largest absolute Gasteiger partial charge is 0.364 e. The van der Waals surface area contributed by atoms with Crippen molar-refractivity contribution in [2.45, 2.75) is 44.4 Å². The van der Waals surface area contributed by atoms with Gasteiger partial charge in [0, 0.05) is 44.6 Å². The lowest BCUT2D eigenvalue weighted by Crippen LogP contribution is -2.54. The molecule has 1 aromatic heterocycles. The zero-order chi connectivity index (χ0) is 21.4. The molecule has 5 rings (SSSR count). The molecule has 0 radical (unpaired) electrons. The Balaban J connectivity index is 1.29. The Bertz CT molecular complexity index is 1020. The van der Waals surface area contributed by atoms with Gasteiger partial charge >= 0.3 is 0 Å². The van der Waals surface area contributed by atoms with Crippen molar-refractivity contribution in [3.8, 4) is 6.07 Å². The van der Waals surface area contributed by atoms with Crippen LogP contribution in [0.3, 0.4) is 0 Å². The van der Waals surface area contributed by atoms with Gasteiger partial charge in [0.25, 0.3) is 5.91 Å². The number of anilines is 1. The highest BCUT2D eigenvalue weighted by molar-refractivity contribution is 5.92. The average Bonchev–Trinajstić information content (AvgIpc) is 3.49. The molecule has 3 atom stereocenters. The van der Waals surface area contributed by atoms with Gasteiger partial charge in [-0.25, -0.2) is 0 Å².